The number of carbonyl (C=O) groups is 2. The van der Waals surface area contributed by atoms with Crippen LogP contribution >= 0.6 is 11.6 Å². The Labute approximate surface area is 260 Å². The number of fused-ring (bicyclic) bond motifs is 1. The molecule has 11 nitrogen and oxygen atoms in total. The number of halogens is 1. The largest absolute Gasteiger partial charge is 0.383 e. The first-order valence-electron chi connectivity index (χ1n) is 14.1. The third-order valence-corrected chi connectivity index (χ3v) is 7.68. The SMILES string of the molecule is C=CC(=O)N1CCC[C@@H](n2nc(-c3ccc(C(=O)Nc4ccccn4)cc3Cl)c3c(N)ncc(/C(C=C(C)C)=C/NN)c32)C1. The number of rotatable bonds is 8. The first-order chi connectivity index (χ1) is 21.2. The second-order valence-electron chi connectivity index (χ2n) is 10.7. The van der Waals surface area contributed by atoms with Crippen molar-refractivity contribution in [2.75, 3.05) is 24.1 Å². The van der Waals surface area contributed by atoms with Crippen molar-refractivity contribution in [3.8, 4) is 11.3 Å². The lowest BCUT2D eigenvalue weighted by Crippen LogP contribution is -2.40. The normalized spacial score (nSPS) is 15.1. The fourth-order valence-corrected chi connectivity index (χ4v) is 5.68. The third-order valence-electron chi connectivity index (χ3n) is 7.37. The van der Waals surface area contributed by atoms with E-state index in [9.17, 15) is 9.59 Å². The van der Waals surface area contributed by atoms with Gasteiger partial charge in [-0.15, -0.1) is 0 Å². The summed E-state index contributed by atoms with van der Waals surface area (Å²) in [5.74, 6) is 5.95. The molecule has 4 aromatic rings. The minimum absolute atomic E-state index is 0.132. The first kappa shape index (κ1) is 30.5. The number of piperidine rings is 1. The number of carbonyl (C=O) groups excluding carboxylic acids is 2. The molecule has 4 heterocycles. The number of hydrogen-bond acceptors (Lipinski definition) is 8. The van der Waals surface area contributed by atoms with E-state index in [-0.39, 0.29) is 23.7 Å². The summed E-state index contributed by atoms with van der Waals surface area (Å²) in [7, 11) is 0. The highest BCUT2D eigenvalue weighted by Gasteiger charge is 2.30. The lowest BCUT2D eigenvalue weighted by Gasteiger charge is -2.32. The molecule has 0 bridgehead atoms. The molecule has 44 heavy (non-hydrogen) atoms. The Hall–Kier alpha value is -5.00. The topological polar surface area (TPSA) is 157 Å². The number of pyridine rings is 2. The number of benzene rings is 1. The Morgan fingerprint density at radius 3 is 2.68 bits per heavy atom. The summed E-state index contributed by atoms with van der Waals surface area (Å²) in [5, 5.41) is 8.77. The lowest BCUT2D eigenvalue weighted by atomic mass is 9.99. The monoisotopic (exact) mass is 611 g/mol. The summed E-state index contributed by atoms with van der Waals surface area (Å²) < 4.78 is 1.92. The van der Waals surface area contributed by atoms with E-state index in [0.717, 1.165) is 35.1 Å². The zero-order chi connectivity index (χ0) is 31.4. The quantitative estimate of drug-likeness (QED) is 0.0927. The van der Waals surface area contributed by atoms with E-state index in [2.05, 4.69) is 27.3 Å². The predicted molar refractivity (Wildman–Crippen MR) is 174 cm³/mol. The Bertz CT molecular complexity index is 1790. The fraction of sp³-hybridized carbons (Fsp3) is 0.219. The van der Waals surface area contributed by atoms with Gasteiger partial charge >= 0.3 is 0 Å². The predicted octanol–water partition coefficient (Wildman–Crippen LogP) is 5.10. The minimum Gasteiger partial charge on any atom is -0.383 e. The second-order valence-corrected chi connectivity index (χ2v) is 11.1. The molecule has 1 saturated heterocycles. The summed E-state index contributed by atoms with van der Waals surface area (Å²) in [6.45, 7) is 8.71. The van der Waals surface area contributed by atoms with Crippen LogP contribution in [0, 0.1) is 0 Å². The van der Waals surface area contributed by atoms with Crippen LogP contribution in [0.1, 0.15) is 48.7 Å². The van der Waals surface area contributed by atoms with Crippen molar-refractivity contribution >= 4 is 51.5 Å². The van der Waals surface area contributed by atoms with E-state index in [1.165, 1.54) is 6.08 Å². The number of nitrogens with zero attached hydrogens (tertiary/aromatic N) is 5. The molecule has 2 amide bonds. The molecular weight excluding hydrogens is 578 g/mol. The third kappa shape index (κ3) is 6.19. The van der Waals surface area contributed by atoms with Crippen molar-refractivity contribution in [1.82, 2.24) is 30.1 Å². The van der Waals surface area contributed by atoms with Crippen molar-refractivity contribution in [2.45, 2.75) is 32.7 Å². The van der Waals surface area contributed by atoms with Gasteiger partial charge in [0.15, 0.2) is 0 Å². The molecule has 0 aliphatic carbocycles. The Kier molecular flexibility index (Phi) is 9.07. The van der Waals surface area contributed by atoms with E-state index in [1.54, 1.807) is 59.9 Å². The smallest absolute Gasteiger partial charge is 0.256 e. The van der Waals surface area contributed by atoms with Crippen LogP contribution in [0.4, 0.5) is 11.6 Å². The molecule has 1 aliphatic rings. The van der Waals surface area contributed by atoms with Gasteiger partial charge in [0.1, 0.15) is 17.3 Å². The first-order valence-corrected chi connectivity index (χ1v) is 14.5. The number of likely N-dealkylation sites (tertiary alicyclic amines) is 1. The van der Waals surface area contributed by atoms with Crippen molar-refractivity contribution in [2.24, 2.45) is 5.84 Å². The lowest BCUT2D eigenvalue weighted by molar-refractivity contribution is -0.127. The van der Waals surface area contributed by atoms with Crippen LogP contribution < -0.4 is 22.3 Å². The zero-order valence-corrected chi connectivity index (χ0v) is 25.3. The van der Waals surface area contributed by atoms with E-state index in [4.69, 9.17) is 28.3 Å². The summed E-state index contributed by atoms with van der Waals surface area (Å²) in [6.07, 6.45) is 9.88. The van der Waals surface area contributed by atoms with Gasteiger partial charge in [-0.2, -0.15) is 5.10 Å². The van der Waals surface area contributed by atoms with Crippen molar-refractivity contribution in [3.05, 3.63) is 95.4 Å². The highest BCUT2D eigenvalue weighted by atomic mass is 35.5. The van der Waals surface area contributed by atoms with Crippen LogP contribution in [-0.2, 0) is 4.79 Å². The van der Waals surface area contributed by atoms with E-state index < -0.39 is 0 Å². The van der Waals surface area contributed by atoms with Gasteiger partial charge in [0.25, 0.3) is 5.91 Å². The molecule has 1 aromatic carbocycles. The fourth-order valence-electron chi connectivity index (χ4n) is 5.41. The number of hydrogen-bond donors (Lipinski definition) is 4. The molecule has 1 aliphatic heterocycles. The molecule has 226 valence electrons. The number of amides is 2. The van der Waals surface area contributed by atoms with Crippen LogP contribution in [-0.4, -0.2) is 49.6 Å². The molecule has 0 saturated carbocycles. The number of hydrazine groups is 1. The number of nitrogens with one attached hydrogen (secondary N) is 2. The van der Waals surface area contributed by atoms with E-state index in [1.807, 2.05) is 24.6 Å². The van der Waals surface area contributed by atoms with Gasteiger partial charge in [0, 0.05) is 53.9 Å². The summed E-state index contributed by atoms with van der Waals surface area (Å²) >= 11 is 6.85. The number of allylic oxidation sites excluding steroid dienone is 3. The van der Waals surface area contributed by atoms with Crippen molar-refractivity contribution in [3.63, 3.8) is 0 Å². The van der Waals surface area contributed by atoms with Crippen LogP contribution in [0.2, 0.25) is 5.02 Å². The van der Waals surface area contributed by atoms with Crippen molar-refractivity contribution < 1.29 is 9.59 Å². The zero-order valence-electron chi connectivity index (χ0n) is 24.5. The summed E-state index contributed by atoms with van der Waals surface area (Å²) in [4.78, 5) is 36.0. The number of nitrogen functional groups attached to an aromatic ring is 1. The minimum atomic E-state index is -0.351. The van der Waals surface area contributed by atoms with Crippen LogP contribution in [0.5, 0.6) is 0 Å². The maximum Gasteiger partial charge on any atom is 0.256 e. The van der Waals surface area contributed by atoms with E-state index in [0.29, 0.717) is 46.1 Å². The summed E-state index contributed by atoms with van der Waals surface area (Å²) in [6, 6.07) is 10.1. The molecule has 1 fully saturated rings. The van der Waals surface area contributed by atoms with Gasteiger partial charge in [0.05, 0.1) is 22.0 Å². The average molecular weight is 612 g/mol. The number of nitrogens with two attached hydrogens (primary N) is 2. The number of aromatic nitrogens is 4. The van der Waals surface area contributed by atoms with E-state index >= 15 is 0 Å². The standard InChI is InChI=1S/C32H34ClN9O2/c1-4-27(43)41-13-7-8-22(18-41)42-30-24(21(16-38-35)14-19(2)3)17-37-31(34)28(30)29(40-42)23-11-10-20(15-25(23)33)32(44)39-26-9-5-6-12-36-26/h4-6,9-12,14-17,22,38H,1,7-8,13,18,35H2,2-3H3,(H2,34,37)(H,36,39,44)/b21-16+/t22-/m1/s1. The molecule has 0 spiro atoms. The van der Waals surface area contributed by atoms with Crippen molar-refractivity contribution in [1.29, 1.82) is 0 Å². The van der Waals surface area contributed by atoms with Gasteiger partial charge in [0.2, 0.25) is 5.91 Å². The highest BCUT2D eigenvalue weighted by Crippen LogP contribution is 2.41. The Morgan fingerprint density at radius 1 is 1.18 bits per heavy atom. The van der Waals surface area contributed by atoms with Crippen LogP contribution in [0.3, 0.4) is 0 Å². The highest BCUT2D eigenvalue weighted by molar-refractivity contribution is 6.34. The molecule has 0 radical (unpaired) electrons. The van der Waals surface area contributed by atoms with Crippen LogP contribution in [0.15, 0.2) is 79.3 Å². The second kappa shape index (κ2) is 13.1. The molecular formula is C32H34ClN9O2. The Balaban J connectivity index is 1.68. The Morgan fingerprint density at radius 2 is 2.00 bits per heavy atom. The molecule has 1 atom stereocenters. The average Bonchev–Trinajstić information content (AvgIpc) is 3.42. The van der Waals surface area contributed by atoms with Crippen LogP contribution in [0.25, 0.3) is 27.7 Å². The maximum atomic E-state index is 12.9. The summed E-state index contributed by atoms with van der Waals surface area (Å²) in [5.41, 5.74) is 14.0. The number of anilines is 2. The molecule has 5 rings (SSSR count). The molecule has 3 aromatic heterocycles. The van der Waals surface area contributed by atoms with Gasteiger partial charge in [-0.3, -0.25) is 20.1 Å². The molecule has 12 heteroatoms. The maximum absolute atomic E-state index is 12.9. The molecule has 0 unspecified atom stereocenters. The van der Waals surface area contributed by atoms with Gasteiger partial charge in [-0.25, -0.2) is 9.97 Å². The van der Waals surface area contributed by atoms with Gasteiger partial charge in [-0.05, 0) is 57.0 Å². The molecule has 6 N–H and O–H groups in total. The van der Waals surface area contributed by atoms with Gasteiger partial charge < -0.3 is 21.4 Å². The van der Waals surface area contributed by atoms with Gasteiger partial charge in [-0.1, -0.05) is 42.0 Å².